The highest BCUT2D eigenvalue weighted by molar-refractivity contribution is 5.72. The zero-order valence-corrected chi connectivity index (χ0v) is 8.36. The summed E-state index contributed by atoms with van der Waals surface area (Å²) in [6.45, 7) is 4.43. The van der Waals surface area contributed by atoms with Gasteiger partial charge in [0.25, 0.3) is 0 Å². The Bertz CT molecular complexity index is 195. The fourth-order valence-corrected chi connectivity index (χ4v) is 1.72. The molecule has 76 valence electrons. The van der Waals surface area contributed by atoms with Crippen LogP contribution in [0.25, 0.3) is 0 Å². The number of rotatable bonds is 3. The van der Waals surface area contributed by atoms with Gasteiger partial charge < -0.3 is 9.84 Å². The maximum atomic E-state index is 10.7. The minimum absolute atomic E-state index is 0.145. The summed E-state index contributed by atoms with van der Waals surface area (Å²) < 4.78 is 5.38. The first-order valence-corrected chi connectivity index (χ1v) is 4.60. The molecule has 0 aromatic rings. The van der Waals surface area contributed by atoms with Gasteiger partial charge >= 0.3 is 5.97 Å². The highest BCUT2D eigenvalue weighted by Gasteiger charge is 2.32. The van der Waals surface area contributed by atoms with Crippen molar-refractivity contribution < 1.29 is 14.6 Å². The molecule has 1 aliphatic heterocycles. The van der Waals surface area contributed by atoms with Gasteiger partial charge in [0.2, 0.25) is 0 Å². The molecule has 0 spiro atoms. The lowest BCUT2D eigenvalue weighted by molar-refractivity contribution is -0.143. The van der Waals surface area contributed by atoms with E-state index in [0.717, 1.165) is 13.0 Å². The van der Waals surface area contributed by atoms with E-state index in [1.807, 2.05) is 18.9 Å². The second kappa shape index (κ2) is 4.07. The summed E-state index contributed by atoms with van der Waals surface area (Å²) in [7, 11) is 1.84. The van der Waals surface area contributed by atoms with Crippen LogP contribution in [-0.4, -0.2) is 47.8 Å². The van der Waals surface area contributed by atoms with Crippen molar-refractivity contribution in [3.05, 3.63) is 0 Å². The van der Waals surface area contributed by atoms with E-state index in [-0.39, 0.29) is 12.1 Å². The number of carboxylic acid groups (broad SMARTS) is 1. The molecule has 4 heteroatoms. The van der Waals surface area contributed by atoms with Gasteiger partial charge in [-0.05, 0) is 27.3 Å². The van der Waals surface area contributed by atoms with Crippen molar-refractivity contribution >= 4 is 5.97 Å². The molecule has 0 aliphatic carbocycles. The van der Waals surface area contributed by atoms with Gasteiger partial charge in [-0.25, -0.2) is 0 Å². The van der Waals surface area contributed by atoms with E-state index in [0.29, 0.717) is 0 Å². The topological polar surface area (TPSA) is 49.8 Å². The molecular weight excluding hydrogens is 170 g/mol. The maximum Gasteiger partial charge on any atom is 0.320 e. The fourth-order valence-electron chi connectivity index (χ4n) is 1.72. The first kappa shape index (κ1) is 10.5. The third-order valence-corrected chi connectivity index (χ3v) is 2.83. The number of carbonyl (C=O) groups is 1. The number of carboxylic acids is 1. The summed E-state index contributed by atoms with van der Waals surface area (Å²) in [6.07, 6.45) is 1.07. The van der Waals surface area contributed by atoms with Crippen LogP contribution < -0.4 is 0 Å². The van der Waals surface area contributed by atoms with Crippen LogP contribution in [0.5, 0.6) is 0 Å². The Morgan fingerprint density at radius 3 is 2.69 bits per heavy atom. The zero-order valence-electron chi connectivity index (χ0n) is 8.36. The molecule has 1 rings (SSSR count). The summed E-state index contributed by atoms with van der Waals surface area (Å²) in [5, 5.41) is 8.82. The van der Waals surface area contributed by atoms with Crippen molar-refractivity contribution in [3.63, 3.8) is 0 Å². The number of likely N-dealkylation sites (N-methyl/N-ethyl adjacent to an activating group) is 1. The summed E-state index contributed by atoms with van der Waals surface area (Å²) >= 11 is 0. The fraction of sp³-hybridized carbons (Fsp3) is 0.889. The van der Waals surface area contributed by atoms with E-state index in [1.54, 1.807) is 6.92 Å². The minimum atomic E-state index is -0.776. The first-order valence-electron chi connectivity index (χ1n) is 4.60. The Kier molecular flexibility index (Phi) is 3.27. The van der Waals surface area contributed by atoms with E-state index in [9.17, 15) is 4.79 Å². The lowest BCUT2D eigenvalue weighted by Gasteiger charge is -2.29. The number of ether oxygens (including phenoxy) is 1. The van der Waals surface area contributed by atoms with E-state index < -0.39 is 12.0 Å². The second-order valence-electron chi connectivity index (χ2n) is 3.61. The van der Waals surface area contributed by atoms with Gasteiger partial charge in [0.1, 0.15) is 6.04 Å². The van der Waals surface area contributed by atoms with Crippen molar-refractivity contribution in [1.29, 1.82) is 0 Å². The molecule has 0 amide bonds. The van der Waals surface area contributed by atoms with Crippen LogP contribution in [0.2, 0.25) is 0 Å². The summed E-state index contributed by atoms with van der Waals surface area (Å²) in [4.78, 5) is 12.6. The van der Waals surface area contributed by atoms with Gasteiger partial charge in [0.15, 0.2) is 0 Å². The van der Waals surface area contributed by atoms with Gasteiger partial charge in [0.05, 0.1) is 6.10 Å². The van der Waals surface area contributed by atoms with Crippen LogP contribution in [-0.2, 0) is 9.53 Å². The van der Waals surface area contributed by atoms with Crippen LogP contribution in [0.1, 0.15) is 20.3 Å². The van der Waals surface area contributed by atoms with Crippen LogP contribution in [0.4, 0.5) is 0 Å². The van der Waals surface area contributed by atoms with Crippen molar-refractivity contribution in [3.8, 4) is 0 Å². The third kappa shape index (κ3) is 2.19. The van der Waals surface area contributed by atoms with Crippen LogP contribution >= 0.6 is 0 Å². The molecule has 3 unspecified atom stereocenters. The third-order valence-electron chi connectivity index (χ3n) is 2.83. The largest absolute Gasteiger partial charge is 0.480 e. The van der Waals surface area contributed by atoms with Gasteiger partial charge in [-0.1, -0.05) is 0 Å². The monoisotopic (exact) mass is 187 g/mol. The van der Waals surface area contributed by atoms with Crippen molar-refractivity contribution in [2.24, 2.45) is 0 Å². The van der Waals surface area contributed by atoms with E-state index in [2.05, 4.69) is 0 Å². The van der Waals surface area contributed by atoms with E-state index in [4.69, 9.17) is 9.84 Å². The summed E-state index contributed by atoms with van der Waals surface area (Å²) in [6, 6.07) is -0.194. The number of hydrogen-bond acceptors (Lipinski definition) is 3. The highest BCUT2D eigenvalue weighted by Crippen LogP contribution is 2.19. The number of nitrogens with zero attached hydrogens (tertiary/aromatic N) is 1. The van der Waals surface area contributed by atoms with Gasteiger partial charge in [0, 0.05) is 12.6 Å². The van der Waals surface area contributed by atoms with Gasteiger partial charge in [-0.2, -0.15) is 0 Å². The second-order valence-corrected chi connectivity index (χ2v) is 3.61. The standard InChI is InChI=1S/C9H17NO3/c1-6(9(11)12)10(3)8-4-5-13-7(8)2/h6-8H,4-5H2,1-3H3,(H,11,12). The summed E-state index contributed by atoms with van der Waals surface area (Å²) in [5.41, 5.74) is 0. The Hall–Kier alpha value is -0.610. The quantitative estimate of drug-likeness (QED) is 0.701. The smallest absolute Gasteiger partial charge is 0.320 e. The van der Waals surface area contributed by atoms with E-state index >= 15 is 0 Å². The van der Waals surface area contributed by atoms with Crippen molar-refractivity contribution in [1.82, 2.24) is 4.90 Å². The Morgan fingerprint density at radius 2 is 2.31 bits per heavy atom. The Balaban J connectivity index is 2.55. The Labute approximate surface area is 78.5 Å². The number of hydrogen-bond donors (Lipinski definition) is 1. The molecule has 0 saturated carbocycles. The molecular formula is C9H17NO3. The van der Waals surface area contributed by atoms with Gasteiger partial charge in [-0.3, -0.25) is 9.69 Å². The zero-order chi connectivity index (χ0) is 10.0. The van der Waals surface area contributed by atoms with Crippen LogP contribution in [0, 0.1) is 0 Å². The molecule has 0 aromatic heterocycles. The SMILES string of the molecule is CC1OCCC1N(C)C(C)C(=O)O. The van der Waals surface area contributed by atoms with Crippen molar-refractivity contribution in [2.45, 2.75) is 38.5 Å². The molecule has 0 bridgehead atoms. The van der Waals surface area contributed by atoms with Crippen LogP contribution in [0.15, 0.2) is 0 Å². The first-order chi connectivity index (χ1) is 6.04. The molecule has 4 nitrogen and oxygen atoms in total. The molecule has 1 saturated heterocycles. The van der Waals surface area contributed by atoms with E-state index in [1.165, 1.54) is 0 Å². The average Bonchev–Trinajstić information content (AvgIpc) is 2.48. The average molecular weight is 187 g/mol. The molecule has 3 atom stereocenters. The molecule has 1 aliphatic rings. The van der Waals surface area contributed by atoms with Crippen LogP contribution in [0.3, 0.4) is 0 Å². The molecule has 0 radical (unpaired) electrons. The lowest BCUT2D eigenvalue weighted by Crippen LogP contribution is -2.45. The molecule has 0 aromatic carbocycles. The van der Waals surface area contributed by atoms with Gasteiger partial charge in [-0.15, -0.1) is 0 Å². The maximum absolute atomic E-state index is 10.7. The Morgan fingerprint density at radius 1 is 1.69 bits per heavy atom. The predicted octanol–water partition coefficient (Wildman–Crippen LogP) is 0.569. The molecule has 1 N–H and O–H groups in total. The van der Waals surface area contributed by atoms with Crippen molar-refractivity contribution in [2.75, 3.05) is 13.7 Å². The normalized spacial score (nSPS) is 30.8. The highest BCUT2D eigenvalue weighted by atomic mass is 16.5. The molecule has 1 heterocycles. The molecule has 1 fully saturated rings. The number of aliphatic carboxylic acids is 1. The summed E-state index contributed by atoms with van der Waals surface area (Å²) in [5.74, 6) is -0.776. The molecule has 13 heavy (non-hydrogen) atoms. The minimum Gasteiger partial charge on any atom is -0.480 e. The predicted molar refractivity (Wildman–Crippen MR) is 48.7 cm³/mol. The lowest BCUT2D eigenvalue weighted by atomic mass is 10.1.